The molecule has 2 aromatic carbocycles. The number of benzene rings is 2. The van der Waals surface area contributed by atoms with Gasteiger partial charge in [-0.15, -0.1) is 0 Å². The van der Waals surface area contributed by atoms with Gasteiger partial charge in [0.05, 0.1) is 12.3 Å². The normalized spacial score (nSPS) is 11.8. The molecule has 0 saturated heterocycles. The van der Waals surface area contributed by atoms with E-state index < -0.39 is 0 Å². The lowest BCUT2D eigenvalue weighted by Crippen LogP contribution is -2.87. The Morgan fingerprint density at radius 3 is 2.54 bits per heavy atom. The summed E-state index contributed by atoms with van der Waals surface area (Å²) in [5, 5.41) is 5.00. The van der Waals surface area contributed by atoms with Crippen molar-refractivity contribution in [2.45, 2.75) is 26.3 Å². The molecule has 0 saturated carbocycles. The second-order valence-corrected chi connectivity index (χ2v) is 6.40. The van der Waals surface area contributed by atoms with E-state index in [1.54, 1.807) is 0 Å². The SMILES string of the molecule is CCOc1ccccc1NC(=O)C[NH2+][C@@H](CC)c1ccc(Br)cc1. The quantitative estimate of drug-likeness (QED) is 0.723. The Morgan fingerprint density at radius 1 is 1.17 bits per heavy atom. The Bertz CT molecular complexity index is 659. The summed E-state index contributed by atoms with van der Waals surface area (Å²) in [5.41, 5.74) is 1.94. The van der Waals surface area contributed by atoms with Crippen molar-refractivity contribution in [3.8, 4) is 5.75 Å². The van der Waals surface area contributed by atoms with Crippen molar-refractivity contribution in [3.63, 3.8) is 0 Å². The van der Waals surface area contributed by atoms with Crippen LogP contribution in [0, 0.1) is 0 Å². The lowest BCUT2D eigenvalue weighted by Gasteiger charge is -2.15. The van der Waals surface area contributed by atoms with Crippen molar-refractivity contribution < 1.29 is 14.8 Å². The van der Waals surface area contributed by atoms with E-state index in [4.69, 9.17) is 4.74 Å². The number of halogens is 1. The second-order valence-electron chi connectivity index (χ2n) is 5.48. The average Bonchev–Trinajstić information content (AvgIpc) is 2.59. The largest absolute Gasteiger partial charge is 0.492 e. The van der Waals surface area contributed by atoms with Crippen LogP contribution in [0.4, 0.5) is 5.69 Å². The minimum absolute atomic E-state index is 0.0299. The molecule has 24 heavy (non-hydrogen) atoms. The summed E-state index contributed by atoms with van der Waals surface area (Å²) in [6.45, 7) is 5.00. The molecular weight excluding hydrogens is 368 g/mol. The van der Waals surface area contributed by atoms with Crippen LogP contribution in [-0.4, -0.2) is 19.1 Å². The van der Waals surface area contributed by atoms with E-state index in [0.717, 1.165) is 16.6 Å². The monoisotopic (exact) mass is 391 g/mol. The first-order valence-corrected chi connectivity index (χ1v) is 9.03. The Hall–Kier alpha value is -1.85. The Balaban J connectivity index is 1.93. The maximum atomic E-state index is 12.3. The summed E-state index contributed by atoms with van der Waals surface area (Å²) in [7, 11) is 0. The molecule has 5 heteroatoms. The van der Waals surface area contributed by atoms with E-state index >= 15 is 0 Å². The summed E-state index contributed by atoms with van der Waals surface area (Å²) < 4.78 is 6.60. The van der Waals surface area contributed by atoms with Crippen LogP contribution in [0.1, 0.15) is 31.9 Å². The molecule has 0 bridgehead atoms. The van der Waals surface area contributed by atoms with Gasteiger partial charge in [0.2, 0.25) is 0 Å². The van der Waals surface area contributed by atoms with E-state index in [1.807, 2.05) is 43.3 Å². The molecule has 0 spiro atoms. The number of amides is 1. The fourth-order valence-corrected chi connectivity index (χ4v) is 2.81. The first kappa shape index (κ1) is 18.5. The molecule has 3 N–H and O–H groups in total. The van der Waals surface area contributed by atoms with Crippen LogP contribution in [0.15, 0.2) is 53.0 Å². The van der Waals surface area contributed by atoms with Crippen molar-refractivity contribution >= 4 is 27.5 Å². The van der Waals surface area contributed by atoms with Crippen LogP contribution >= 0.6 is 15.9 Å². The van der Waals surface area contributed by atoms with Gasteiger partial charge in [-0.05, 0) is 31.2 Å². The van der Waals surface area contributed by atoms with E-state index in [2.05, 4.69) is 45.6 Å². The topological polar surface area (TPSA) is 54.9 Å². The third-order valence-electron chi connectivity index (χ3n) is 3.79. The minimum atomic E-state index is -0.0299. The molecule has 0 radical (unpaired) electrons. The minimum Gasteiger partial charge on any atom is -0.492 e. The van der Waals surface area contributed by atoms with Gasteiger partial charge < -0.3 is 15.4 Å². The molecule has 2 rings (SSSR count). The average molecular weight is 392 g/mol. The van der Waals surface area contributed by atoms with Crippen molar-refractivity contribution in [2.24, 2.45) is 0 Å². The third kappa shape index (κ3) is 5.35. The van der Waals surface area contributed by atoms with Gasteiger partial charge in [-0.3, -0.25) is 4.79 Å². The molecule has 0 unspecified atom stereocenters. The Kier molecular flexibility index (Phi) is 7.28. The molecule has 0 aliphatic rings. The fourth-order valence-electron chi connectivity index (χ4n) is 2.55. The van der Waals surface area contributed by atoms with Gasteiger partial charge in [-0.1, -0.05) is 47.1 Å². The number of anilines is 1. The highest BCUT2D eigenvalue weighted by Crippen LogP contribution is 2.23. The fraction of sp³-hybridized carbons (Fsp3) is 0.316. The zero-order chi connectivity index (χ0) is 17.4. The Morgan fingerprint density at radius 2 is 1.88 bits per heavy atom. The van der Waals surface area contributed by atoms with Crippen LogP contribution in [-0.2, 0) is 4.79 Å². The number of nitrogens with one attached hydrogen (secondary N) is 1. The number of quaternary nitrogens is 1. The molecule has 4 nitrogen and oxygen atoms in total. The van der Waals surface area contributed by atoms with Gasteiger partial charge in [0.15, 0.2) is 6.54 Å². The molecule has 2 aromatic rings. The highest BCUT2D eigenvalue weighted by molar-refractivity contribution is 9.10. The predicted octanol–water partition coefficient (Wildman–Crippen LogP) is 3.50. The smallest absolute Gasteiger partial charge is 0.279 e. The van der Waals surface area contributed by atoms with Crippen LogP contribution in [0.2, 0.25) is 0 Å². The van der Waals surface area contributed by atoms with Gasteiger partial charge in [0.1, 0.15) is 11.8 Å². The Labute approximate surface area is 151 Å². The highest BCUT2D eigenvalue weighted by atomic mass is 79.9. The molecule has 0 aliphatic carbocycles. The molecule has 0 aromatic heterocycles. The third-order valence-corrected chi connectivity index (χ3v) is 4.32. The first-order chi connectivity index (χ1) is 11.6. The lowest BCUT2D eigenvalue weighted by molar-refractivity contribution is -0.686. The maximum absolute atomic E-state index is 12.3. The van der Waals surface area contributed by atoms with E-state index in [-0.39, 0.29) is 11.9 Å². The molecular formula is C19H24BrN2O2+. The van der Waals surface area contributed by atoms with Gasteiger partial charge >= 0.3 is 0 Å². The zero-order valence-electron chi connectivity index (χ0n) is 14.1. The molecule has 1 atom stereocenters. The highest BCUT2D eigenvalue weighted by Gasteiger charge is 2.15. The number of hydrogen-bond donors (Lipinski definition) is 2. The van der Waals surface area contributed by atoms with Crippen LogP contribution in [0.3, 0.4) is 0 Å². The molecule has 0 heterocycles. The summed E-state index contributed by atoms with van der Waals surface area (Å²) in [6.07, 6.45) is 0.963. The number of nitrogens with two attached hydrogens (primary N) is 1. The number of carbonyl (C=O) groups is 1. The molecule has 0 fully saturated rings. The van der Waals surface area contributed by atoms with Crippen LogP contribution < -0.4 is 15.4 Å². The number of rotatable bonds is 8. The van der Waals surface area contributed by atoms with Crippen LogP contribution in [0.5, 0.6) is 5.75 Å². The van der Waals surface area contributed by atoms with Crippen molar-refractivity contribution in [2.75, 3.05) is 18.5 Å². The van der Waals surface area contributed by atoms with Gasteiger partial charge in [0, 0.05) is 16.5 Å². The standard InChI is InChI=1S/C19H23BrN2O2/c1-3-16(14-9-11-15(20)12-10-14)21-13-19(23)22-17-7-5-6-8-18(17)24-4-2/h5-12,16,21H,3-4,13H2,1-2H3,(H,22,23)/p+1/t16-/m0/s1. The van der Waals surface area contributed by atoms with E-state index in [9.17, 15) is 4.79 Å². The number of hydrogen-bond acceptors (Lipinski definition) is 2. The summed E-state index contributed by atoms with van der Waals surface area (Å²) in [4.78, 5) is 12.3. The van der Waals surface area contributed by atoms with Crippen molar-refractivity contribution in [3.05, 3.63) is 58.6 Å². The summed E-state index contributed by atoms with van der Waals surface area (Å²) in [6, 6.07) is 16.0. The molecule has 1 amide bonds. The molecule has 128 valence electrons. The number of ether oxygens (including phenoxy) is 1. The number of para-hydroxylation sites is 2. The maximum Gasteiger partial charge on any atom is 0.279 e. The van der Waals surface area contributed by atoms with E-state index in [1.165, 1.54) is 5.56 Å². The van der Waals surface area contributed by atoms with Crippen LogP contribution in [0.25, 0.3) is 0 Å². The van der Waals surface area contributed by atoms with Gasteiger partial charge in [-0.2, -0.15) is 0 Å². The van der Waals surface area contributed by atoms with E-state index in [0.29, 0.717) is 18.9 Å². The van der Waals surface area contributed by atoms with Gasteiger partial charge in [-0.25, -0.2) is 0 Å². The summed E-state index contributed by atoms with van der Waals surface area (Å²) in [5.74, 6) is 0.672. The number of carbonyl (C=O) groups excluding carboxylic acids is 1. The van der Waals surface area contributed by atoms with Gasteiger partial charge in [0.25, 0.3) is 5.91 Å². The first-order valence-electron chi connectivity index (χ1n) is 8.24. The summed E-state index contributed by atoms with van der Waals surface area (Å²) >= 11 is 3.45. The molecule has 0 aliphatic heterocycles. The predicted molar refractivity (Wildman–Crippen MR) is 100 cm³/mol. The van der Waals surface area contributed by atoms with Crippen molar-refractivity contribution in [1.29, 1.82) is 0 Å². The van der Waals surface area contributed by atoms with Crippen molar-refractivity contribution in [1.82, 2.24) is 0 Å². The second kappa shape index (κ2) is 9.45. The zero-order valence-corrected chi connectivity index (χ0v) is 15.7. The lowest BCUT2D eigenvalue weighted by atomic mass is 10.0.